The maximum absolute atomic E-state index is 13.0. The first-order valence-electron chi connectivity index (χ1n) is 10.3. The lowest BCUT2D eigenvalue weighted by Crippen LogP contribution is -2.37. The number of nitrogens with zero attached hydrogens (tertiary/aromatic N) is 5. The highest BCUT2D eigenvalue weighted by molar-refractivity contribution is 5.79. The summed E-state index contributed by atoms with van der Waals surface area (Å²) in [7, 11) is 3.15. The fraction of sp³-hybridized carbons (Fsp3) is 0.208. The lowest BCUT2D eigenvalue weighted by Gasteiger charge is -2.10. The predicted octanol–water partition coefficient (Wildman–Crippen LogP) is 2.90. The van der Waals surface area contributed by atoms with Gasteiger partial charge in [-0.25, -0.2) is 4.79 Å². The van der Waals surface area contributed by atoms with E-state index >= 15 is 0 Å². The molecule has 5 rings (SSSR count). The van der Waals surface area contributed by atoms with Gasteiger partial charge in [-0.1, -0.05) is 60.7 Å². The molecule has 31 heavy (non-hydrogen) atoms. The molecule has 0 atom stereocenters. The second-order valence-electron chi connectivity index (χ2n) is 7.81. The molecule has 0 saturated heterocycles. The third-order valence-corrected chi connectivity index (χ3v) is 5.94. The van der Waals surface area contributed by atoms with Crippen LogP contribution >= 0.6 is 0 Å². The van der Waals surface area contributed by atoms with Crippen LogP contribution in [0, 0.1) is 6.92 Å². The first-order valence-corrected chi connectivity index (χ1v) is 10.3. The summed E-state index contributed by atoms with van der Waals surface area (Å²) in [6.45, 7) is 2.70. The Kier molecular flexibility index (Phi) is 4.39. The van der Waals surface area contributed by atoms with Gasteiger partial charge in [0.2, 0.25) is 5.78 Å². The van der Waals surface area contributed by atoms with Crippen LogP contribution in [0.2, 0.25) is 0 Å². The second kappa shape index (κ2) is 7.12. The Morgan fingerprint density at radius 1 is 0.871 bits per heavy atom. The van der Waals surface area contributed by atoms with Crippen LogP contribution in [0.5, 0.6) is 0 Å². The van der Waals surface area contributed by atoms with E-state index in [0.29, 0.717) is 23.5 Å². The molecule has 0 saturated carbocycles. The number of aromatic nitrogens is 5. The summed E-state index contributed by atoms with van der Waals surface area (Å²) in [5.41, 5.74) is 4.35. The second-order valence-corrected chi connectivity index (χ2v) is 7.81. The molecule has 0 fully saturated rings. The van der Waals surface area contributed by atoms with E-state index in [1.807, 2.05) is 47.7 Å². The summed E-state index contributed by atoms with van der Waals surface area (Å²) in [6.07, 6.45) is 0.824. The van der Waals surface area contributed by atoms with E-state index in [0.717, 1.165) is 27.9 Å². The first-order chi connectivity index (χ1) is 15.0. The quantitative estimate of drug-likeness (QED) is 0.455. The van der Waals surface area contributed by atoms with Crippen LogP contribution in [0.3, 0.4) is 0 Å². The minimum absolute atomic E-state index is 0.339. The lowest BCUT2D eigenvalue weighted by molar-refractivity contribution is 0.705. The zero-order valence-electron chi connectivity index (χ0n) is 17.7. The summed E-state index contributed by atoms with van der Waals surface area (Å²) in [5.74, 6) is 0.667. The van der Waals surface area contributed by atoms with Gasteiger partial charge in [0, 0.05) is 31.9 Å². The van der Waals surface area contributed by atoms with Crippen molar-refractivity contribution in [3.8, 4) is 11.3 Å². The van der Waals surface area contributed by atoms with E-state index in [1.54, 1.807) is 7.05 Å². The minimum Gasteiger partial charge on any atom is -0.309 e. The first kappa shape index (κ1) is 19.1. The molecule has 2 aromatic carbocycles. The van der Waals surface area contributed by atoms with Crippen molar-refractivity contribution in [3.63, 3.8) is 0 Å². The lowest BCUT2D eigenvalue weighted by atomic mass is 10.1. The summed E-state index contributed by atoms with van der Waals surface area (Å²) in [4.78, 5) is 30.3. The Morgan fingerprint density at radius 3 is 2.19 bits per heavy atom. The highest BCUT2D eigenvalue weighted by Gasteiger charge is 2.23. The third-order valence-electron chi connectivity index (χ3n) is 5.94. The van der Waals surface area contributed by atoms with Crippen molar-refractivity contribution < 1.29 is 0 Å². The zero-order valence-corrected chi connectivity index (χ0v) is 17.7. The van der Waals surface area contributed by atoms with Crippen molar-refractivity contribution in [2.45, 2.75) is 19.9 Å². The van der Waals surface area contributed by atoms with Crippen LogP contribution in [0.4, 0.5) is 0 Å². The SMILES string of the molecule is Cc1c(-c2ccccc2)n(CCc2ccccc2)c2nc3c(c(=O)n(C)c(=O)n3C)n12. The average Bonchev–Trinajstić information content (AvgIpc) is 3.32. The number of hydrogen-bond acceptors (Lipinski definition) is 3. The van der Waals surface area contributed by atoms with Gasteiger partial charge in [-0.3, -0.25) is 18.3 Å². The van der Waals surface area contributed by atoms with Gasteiger partial charge in [0.05, 0.1) is 5.69 Å². The number of aryl methyl sites for hydroxylation is 4. The molecule has 156 valence electrons. The summed E-state index contributed by atoms with van der Waals surface area (Å²) >= 11 is 0. The van der Waals surface area contributed by atoms with Crippen molar-refractivity contribution in [2.24, 2.45) is 14.1 Å². The molecular formula is C24H23N5O2. The van der Waals surface area contributed by atoms with Gasteiger partial charge >= 0.3 is 5.69 Å². The van der Waals surface area contributed by atoms with Gasteiger partial charge in [-0.2, -0.15) is 4.98 Å². The fourth-order valence-electron chi connectivity index (χ4n) is 4.34. The van der Waals surface area contributed by atoms with Crippen LogP contribution in [-0.4, -0.2) is 23.1 Å². The monoisotopic (exact) mass is 413 g/mol. The molecule has 7 heteroatoms. The summed E-state index contributed by atoms with van der Waals surface area (Å²) in [6, 6.07) is 20.4. The van der Waals surface area contributed by atoms with E-state index in [-0.39, 0.29) is 11.2 Å². The molecular weight excluding hydrogens is 390 g/mol. The topological polar surface area (TPSA) is 66.2 Å². The van der Waals surface area contributed by atoms with Gasteiger partial charge in [0.15, 0.2) is 11.2 Å². The van der Waals surface area contributed by atoms with Crippen LogP contribution in [0.15, 0.2) is 70.3 Å². The standard InChI is InChI=1S/C24H23N5O2/c1-16-19(18-12-8-5-9-13-18)28(15-14-17-10-6-4-7-11-17)23-25-21-20(29(16)23)22(30)27(3)24(31)26(21)2/h4-13H,14-15H2,1-3H3. The molecule has 3 heterocycles. The molecule has 7 nitrogen and oxygen atoms in total. The number of imidazole rings is 2. The summed E-state index contributed by atoms with van der Waals surface area (Å²) < 4.78 is 6.62. The molecule has 5 aromatic rings. The van der Waals surface area contributed by atoms with Gasteiger partial charge in [0.1, 0.15) is 0 Å². The van der Waals surface area contributed by atoms with Crippen molar-refractivity contribution in [2.75, 3.05) is 0 Å². The molecule has 0 unspecified atom stereocenters. The van der Waals surface area contributed by atoms with Gasteiger partial charge < -0.3 is 4.57 Å². The van der Waals surface area contributed by atoms with E-state index in [9.17, 15) is 9.59 Å². The number of rotatable bonds is 4. The molecule has 0 N–H and O–H groups in total. The molecule has 0 radical (unpaired) electrons. The highest BCUT2D eigenvalue weighted by atomic mass is 16.2. The smallest absolute Gasteiger partial charge is 0.309 e. The van der Waals surface area contributed by atoms with Crippen molar-refractivity contribution >= 4 is 16.9 Å². The Bertz CT molecular complexity index is 1540. The molecule has 0 spiro atoms. The fourth-order valence-corrected chi connectivity index (χ4v) is 4.34. The maximum Gasteiger partial charge on any atom is 0.332 e. The predicted molar refractivity (Wildman–Crippen MR) is 121 cm³/mol. The molecule has 3 aromatic heterocycles. The van der Waals surface area contributed by atoms with Gasteiger partial charge in [-0.05, 0) is 18.9 Å². The molecule has 0 aliphatic carbocycles. The highest BCUT2D eigenvalue weighted by Crippen LogP contribution is 2.29. The van der Waals surface area contributed by atoms with E-state index < -0.39 is 0 Å². The number of fused-ring (bicyclic) bond motifs is 3. The molecule has 0 aliphatic heterocycles. The average molecular weight is 413 g/mol. The Morgan fingerprint density at radius 2 is 1.52 bits per heavy atom. The van der Waals surface area contributed by atoms with Crippen LogP contribution in [0.1, 0.15) is 11.3 Å². The minimum atomic E-state index is -0.380. The maximum atomic E-state index is 13.0. The largest absolute Gasteiger partial charge is 0.332 e. The molecule has 0 amide bonds. The van der Waals surface area contributed by atoms with Crippen LogP contribution in [0.25, 0.3) is 28.2 Å². The van der Waals surface area contributed by atoms with Crippen molar-refractivity contribution in [1.29, 1.82) is 0 Å². The zero-order chi connectivity index (χ0) is 21.7. The van der Waals surface area contributed by atoms with Gasteiger partial charge in [0.25, 0.3) is 5.56 Å². The van der Waals surface area contributed by atoms with E-state index in [2.05, 4.69) is 28.8 Å². The van der Waals surface area contributed by atoms with E-state index in [1.165, 1.54) is 17.2 Å². The molecule has 0 aliphatic rings. The Balaban J connectivity index is 1.83. The normalized spacial score (nSPS) is 11.6. The Hall–Kier alpha value is -3.87. The van der Waals surface area contributed by atoms with Gasteiger partial charge in [-0.15, -0.1) is 0 Å². The number of benzene rings is 2. The van der Waals surface area contributed by atoms with Crippen molar-refractivity contribution in [1.82, 2.24) is 23.1 Å². The third kappa shape index (κ3) is 2.84. The van der Waals surface area contributed by atoms with Crippen LogP contribution < -0.4 is 11.2 Å². The van der Waals surface area contributed by atoms with E-state index in [4.69, 9.17) is 4.98 Å². The molecule has 0 bridgehead atoms. The summed E-state index contributed by atoms with van der Waals surface area (Å²) in [5, 5.41) is 0. The van der Waals surface area contributed by atoms with Crippen LogP contribution in [-0.2, 0) is 27.1 Å². The van der Waals surface area contributed by atoms with Crippen molar-refractivity contribution in [3.05, 3.63) is 92.8 Å². The Labute approximate surface area is 178 Å². The number of hydrogen-bond donors (Lipinski definition) is 0.